The van der Waals surface area contributed by atoms with Crippen LogP contribution in [0.1, 0.15) is 38.8 Å². The number of fused-ring (bicyclic) bond motifs is 3. The van der Waals surface area contributed by atoms with Gasteiger partial charge in [-0.3, -0.25) is 4.79 Å². The van der Waals surface area contributed by atoms with Crippen molar-refractivity contribution in [2.75, 3.05) is 13.7 Å². The fraction of sp³-hybridized carbons (Fsp3) is 0.192. The van der Waals surface area contributed by atoms with Crippen LogP contribution in [0.4, 0.5) is 0 Å². The van der Waals surface area contributed by atoms with Crippen LogP contribution >= 0.6 is 0 Å². The van der Waals surface area contributed by atoms with Crippen LogP contribution in [0.3, 0.4) is 0 Å². The van der Waals surface area contributed by atoms with Crippen molar-refractivity contribution >= 4 is 16.8 Å². The number of para-hydroxylation sites is 1. The van der Waals surface area contributed by atoms with E-state index in [1.54, 1.807) is 7.11 Å². The lowest BCUT2D eigenvalue weighted by Gasteiger charge is -2.36. The van der Waals surface area contributed by atoms with Crippen molar-refractivity contribution in [1.82, 2.24) is 9.88 Å². The van der Waals surface area contributed by atoms with Crippen molar-refractivity contribution < 1.29 is 9.53 Å². The average molecular weight is 396 g/mol. The predicted octanol–water partition coefficient (Wildman–Crippen LogP) is 5.27. The van der Waals surface area contributed by atoms with Gasteiger partial charge in [-0.15, -0.1) is 0 Å². The number of carbonyl (C=O) groups is 1. The molecule has 1 aliphatic rings. The summed E-state index contributed by atoms with van der Waals surface area (Å²) < 4.78 is 5.25. The van der Waals surface area contributed by atoms with Gasteiger partial charge in [-0.1, -0.05) is 48.0 Å². The van der Waals surface area contributed by atoms with Gasteiger partial charge in [0.25, 0.3) is 5.91 Å². The van der Waals surface area contributed by atoms with Crippen molar-refractivity contribution in [3.8, 4) is 5.75 Å². The number of hydrogen-bond donors (Lipinski definition) is 1. The normalized spacial score (nSPS) is 15.8. The summed E-state index contributed by atoms with van der Waals surface area (Å²) in [6.45, 7) is 2.76. The molecule has 1 unspecified atom stereocenters. The number of ether oxygens (including phenoxy) is 1. The van der Waals surface area contributed by atoms with E-state index in [0.29, 0.717) is 12.1 Å². The standard InChI is InChI=1S/C26H24N2O2/c1-17-7-9-18(10-8-17)25-24-22(21-5-3-4-6-23(21)27-24)15-16-28(25)26(29)19-11-13-20(30-2)14-12-19/h3-14,25,27H,15-16H2,1-2H3. The molecule has 0 aliphatic carbocycles. The van der Waals surface area contributed by atoms with E-state index in [1.165, 1.54) is 16.5 Å². The molecule has 1 amide bonds. The largest absolute Gasteiger partial charge is 0.497 e. The molecule has 4 aromatic rings. The lowest BCUT2D eigenvalue weighted by atomic mass is 9.91. The van der Waals surface area contributed by atoms with E-state index in [4.69, 9.17) is 4.74 Å². The summed E-state index contributed by atoms with van der Waals surface area (Å²) in [5.74, 6) is 0.783. The maximum Gasteiger partial charge on any atom is 0.254 e. The number of rotatable bonds is 3. The molecule has 1 aliphatic heterocycles. The number of amides is 1. The molecule has 0 saturated heterocycles. The zero-order valence-corrected chi connectivity index (χ0v) is 17.2. The second-order valence-corrected chi connectivity index (χ2v) is 7.85. The van der Waals surface area contributed by atoms with Crippen LogP contribution in [0, 0.1) is 6.92 Å². The van der Waals surface area contributed by atoms with Crippen LogP contribution in [0.25, 0.3) is 10.9 Å². The van der Waals surface area contributed by atoms with Gasteiger partial charge in [-0.2, -0.15) is 0 Å². The molecule has 1 atom stereocenters. The number of nitrogens with one attached hydrogen (secondary N) is 1. The summed E-state index contributed by atoms with van der Waals surface area (Å²) in [5.41, 5.74) is 6.56. The third-order valence-electron chi connectivity index (χ3n) is 6.03. The predicted molar refractivity (Wildman–Crippen MR) is 119 cm³/mol. The molecular formula is C26H24N2O2. The molecule has 3 aromatic carbocycles. The Hall–Kier alpha value is -3.53. The van der Waals surface area contributed by atoms with Crippen LogP contribution in [0.5, 0.6) is 5.75 Å². The van der Waals surface area contributed by atoms with Gasteiger partial charge in [0.2, 0.25) is 0 Å². The first-order valence-electron chi connectivity index (χ1n) is 10.3. The molecule has 0 saturated carbocycles. The molecule has 0 spiro atoms. The van der Waals surface area contributed by atoms with Crippen molar-refractivity contribution in [3.05, 3.63) is 101 Å². The molecule has 4 heteroatoms. The molecule has 5 rings (SSSR count). The Balaban J connectivity index is 1.62. The molecule has 30 heavy (non-hydrogen) atoms. The number of nitrogens with zero attached hydrogens (tertiary/aromatic N) is 1. The van der Waals surface area contributed by atoms with Crippen molar-refractivity contribution in [3.63, 3.8) is 0 Å². The van der Waals surface area contributed by atoms with Gasteiger partial charge < -0.3 is 14.6 Å². The summed E-state index contributed by atoms with van der Waals surface area (Å²) in [6, 6.07) is 24.1. The Kier molecular flexibility index (Phi) is 4.55. The van der Waals surface area contributed by atoms with Crippen molar-refractivity contribution in [2.45, 2.75) is 19.4 Å². The van der Waals surface area contributed by atoms with Crippen LogP contribution in [0.15, 0.2) is 72.8 Å². The SMILES string of the molecule is COc1ccc(C(=O)N2CCc3c([nH]c4ccccc34)C2c2ccc(C)cc2)cc1. The average Bonchev–Trinajstić information content (AvgIpc) is 3.17. The quantitative estimate of drug-likeness (QED) is 0.513. The molecule has 0 radical (unpaired) electrons. The zero-order chi connectivity index (χ0) is 20.7. The highest BCUT2D eigenvalue weighted by molar-refractivity contribution is 5.95. The second-order valence-electron chi connectivity index (χ2n) is 7.85. The lowest BCUT2D eigenvalue weighted by Crippen LogP contribution is -2.40. The number of aromatic amines is 1. The molecule has 1 aromatic heterocycles. The zero-order valence-electron chi connectivity index (χ0n) is 17.2. The van der Waals surface area contributed by atoms with E-state index in [0.717, 1.165) is 28.9 Å². The number of aryl methyl sites for hydroxylation is 1. The topological polar surface area (TPSA) is 45.3 Å². The Morgan fingerprint density at radius 3 is 2.47 bits per heavy atom. The highest BCUT2D eigenvalue weighted by Gasteiger charge is 2.34. The summed E-state index contributed by atoms with van der Waals surface area (Å²) in [5, 5.41) is 1.25. The number of carbonyl (C=O) groups excluding carboxylic acids is 1. The molecule has 0 fully saturated rings. The minimum Gasteiger partial charge on any atom is -0.497 e. The Morgan fingerprint density at radius 1 is 1.00 bits per heavy atom. The number of hydrogen-bond acceptors (Lipinski definition) is 2. The maximum atomic E-state index is 13.5. The maximum absolute atomic E-state index is 13.5. The van der Waals surface area contributed by atoms with Crippen LogP contribution in [0.2, 0.25) is 0 Å². The van der Waals surface area contributed by atoms with Gasteiger partial charge in [0.15, 0.2) is 0 Å². The molecule has 1 N–H and O–H groups in total. The fourth-order valence-electron chi connectivity index (χ4n) is 4.45. The highest BCUT2D eigenvalue weighted by Crippen LogP contribution is 2.39. The van der Waals surface area contributed by atoms with E-state index >= 15 is 0 Å². The van der Waals surface area contributed by atoms with E-state index in [-0.39, 0.29) is 11.9 Å². The first-order chi connectivity index (χ1) is 14.7. The summed E-state index contributed by atoms with van der Waals surface area (Å²) >= 11 is 0. The Morgan fingerprint density at radius 2 is 1.73 bits per heavy atom. The summed E-state index contributed by atoms with van der Waals surface area (Å²) in [6.07, 6.45) is 0.837. The van der Waals surface area contributed by atoms with Gasteiger partial charge in [0, 0.05) is 28.7 Å². The van der Waals surface area contributed by atoms with Crippen LogP contribution < -0.4 is 4.74 Å². The number of aromatic nitrogens is 1. The fourth-order valence-corrected chi connectivity index (χ4v) is 4.45. The monoisotopic (exact) mass is 396 g/mol. The van der Waals surface area contributed by atoms with Crippen LogP contribution in [-0.2, 0) is 6.42 Å². The van der Waals surface area contributed by atoms with Gasteiger partial charge >= 0.3 is 0 Å². The minimum absolute atomic E-state index is 0.0348. The van der Waals surface area contributed by atoms with E-state index in [2.05, 4.69) is 54.4 Å². The third-order valence-corrected chi connectivity index (χ3v) is 6.03. The van der Waals surface area contributed by atoms with Gasteiger partial charge in [-0.05, 0) is 54.8 Å². The van der Waals surface area contributed by atoms with Gasteiger partial charge in [0.1, 0.15) is 5.75 Å². The molecular weight excluding hydrogens is 372 g/mol. The number of benzene rings is 3. The van der Waals surface area contributed by atoms with E-state index in [1.807, 2.05) is 35.2 Å². The summed E-state index contributed by atoms with van der Waals surface area (Å²) in [7, 11) is 1.63. The van der Waals surface area contributed by atoms with E-state index < -0.39 is 0 Å². The van der Waals surface area contributed by atoms with Crippen molar-refractivity contribution in [2.24, 2.45) is 0 Å². The van der Waals surface area contributed by atoms with Gasteiger partial charge in [-0.25, -0.2) is 0 Å². The lowest BCUT2D eigenvalue weighted by molar-refractivity contribution is 0.0692. The second kappa shape index (κ2) is 7.38. The smallest absolute Gasteiger partial charge is 0.254 e. The van der Waals surface area contributed by atoms with Crippen LogP contribution in [-0.4, -0.2) is 29.4 Å². The van der Waals surface area contributed by atoms with E-state index in [9.17, 15) is 4.79 Å². The Bertz CT molecular complexity index is 1210. The molecule has 0 bridgehead atoms. The first-order valence-corrected chi connectivity index (χ1v) is 10.3. The molecule has 2 heterocycles. The Labute approximate surface area is 176 Å². The van der Waals surface area contributed by atoms with Crippen molar-refractivity contribution in [1.29, 1.82) is 0 Å². The third kappa shape index (κ3) is 3.05. The molecule has 4 nitrogen and oxygen atoms in total. The number of H-pyrrole nitrogens is 1. The van der Waals surface area contributed by atoms with Gasteiger partial charge in [0.05, 0.1) is 13.2 Å². The first kappa shape index (κ1) is 18.5. The highest BCUT2D eigenvalue weighted by atomic mass is 16.5. The summed E-state index contributed by atoms with van der Waals surface area (Å²) in [4.78, 5) is 19.2. The molecule has 150 valence electrons. The number of methoxy groups -OCH3 is 1. The minimum atomic E-state index is -0.142.